The third-order valence-electron chi connectivity index (χ3n) is 4.61. The van der Waals surface area contributed by atoms with E-state index < -0.39 is 0 Å². The average Bonchev–Trinajstić information content (AvgIpc) is 3.20. The highest BCUT2D eigenvalue weighted by atomic mass is 35.5. The first-order chi connectivity index (χ1) is 13.1. The molecule has 2 aromatic heterocycles. The van der Waals surface area contributed by atoms with Crippen molar-refractivity contribution in [2.24, 2.45) is 12.0 Å². The SMILES string of the molecule is Cn1c(=NC(=O)c2sc3ccccc3c2Cl)sc2ccc3ccccc3c21. The molecule has 1 amide bonds. The minimum absolute atomic E-state index is 0.298. The second kappa shape index (κ2) is 6.30. The molecule has 3 aromatic carbocycles. The lowest BCUT2D eigenvalue weighted by atomic mass is 10.1. The zero-order chi connectivity index (χ0) is 18.5. The number of benzene rings is 3. The molecule has 5 aromatic rings. The molecular weight excluding hydrogens is 396 g/mol. The molecule has 2 heterocycles. The number of hydrogen-bond acceptors (Lipinski definition) is 3. The molecule has 0 aliphatic carbocycles. The van der Waals surface area contributed by atoms with Crippen molar-refractivity contribution < 1.29 is 4.79 Å². The van der Waals surface area contributed by atoms with Gasteiger partial charge in [-0.15, -0.1) is 11.3 Å². The molecule has 132 valence electrons. The van der Waals surface area contributed by atoms with Gasteiger partial charge >= 0.3 is 0 Å². The van der Waals surface area contributed by atoms with Gasteiger partial charge in [0.1, 0.15) is 4.88 Å². The number of halogens is 1. The maximum Gasteiger partial charge on any atom is 0.291 e. The molecule has 0 bridgehead atoms. The highest BCUT2D eigenvalue weighted by molar-refractivity contribution is 7.21. The number of thiazole rings is 1. The van der Waals surface area contributed by atoms with E-state index in [0.717, 1.165) is 25.7 Å². The molecule has 0 saturated heterocycles. The highest BCUT2D eigenvalue weighted by Crippen LogP contribution is 2.35. The van der Waals surface area contributed by atoms with E-state index in [-0.39, 0.29) is 5.91 Å². The lowest BCUT2D eigenvalue weighted by Gasteiger charge is -2.01. The largest absolute Gasteiger partial charge is 0.319 e. The van der Waals surface area contributed by atoms with Gasteiger partial charge in [0.25, 0.3) is 5.91 Å². The van der Waals surface area contributed by atoms with E-state index in [1.54, 1.807) is 0 Å². The lowest BCUT2D eigenvalue weighted by Crippen LogP contribution is -2.13. The Balaban J connectivity index is 1.71. The summed E-state index contributed by atoms with van der Waals surface area (Å²) < 4.78 is 4.08. The van der Waals surface area contributed by atoms with Crippen LogP contribution in [-0.4, -0.2) is 10.5 Å². The number of nitrogens with zero attached hydrogens (tertiary/aromatic N) is 2. The maximum absolute atomic E-state index is 12.8. The fourth-order valence-corrected chi connectivity index (χ4v) is 5.74. The van der Waals surface area contributed by atoms with Gasteiger partial charge in [0.15, 0.2) is 4.80 Å². The Morgan fingerprint density at radius 3 is 2.48 bits per heavy atom. The van der Waals surface area contributed by atoms with Gasteiger partial charge in [0.05, 0.1) is 15.2 Å². The molecule has 0 radical (unpaired) electrons. The summed E-state index contributed by atoms with van der Waals surface area (Å²) in [5, 5.41) is 3.71. The molecule has 0 aliphatic heterocycles. The first-order valence-electron chi connectivity index (χ1n) is 8.37. The molecule has 27 heavy (non-hydrogen) atoms. The van der Waals surface area contributed by atoms with E-state index in [9.17, 15) is 4.79 Å². The Morgan fingerprint density at radius 1 is 0.926 bits per heavy atom. The van der Waals surface area contributed by atoms with Crippen LogP contribution < -0.4 is 4.80 Å². The van der Waals surface area contributed by atoms with Crippen molar-refractivity contribution in [3.05, 3.63) is 75.4 Å². The van der Waals surface area contributed by atoms with Gasteiger partial charge in [-0.3, -0.25) is 4.79 Å². The van der Waals surface area contributed by atoms with Crippen molar-refractivity contribution in [1.29, 1.82) is 0 Å². The van der Waals surface area contributed by atoms with Crippen molar-refractivity contribution in [3.63, 3.8) is 0 Å². The quantitative estimate of drug-likeness (QED) is 0.335. The van der Waals surface area contributed by atoms with Gasteiger partial charge in [0.2, 0.25) is 0 Å². The molecule has 0 fully saturated rings. The van der Waals surface area contributed by atoms with Gasteiger partial charge < -0.3 is 4.57 Å². The average molecular weight is 409 g/mol. The van der Waals surface area contributed by atoms with Crippen molar-refractivity contribution in [2.75, 3.05) is 0 Å². The number of hydrogen-bond donors (Lipinski definition) is 0. The molecule has 0 spiro atoms. The van der Waals surface area contributed by atoms with Gasteiger partial charge in [-0.2, -0.15) is 4.99 Å². The number of fused-ring (bicyclic) bond motifs is 4. The molecule has 3 nitrogen and oxygen atoms in total. The van der Waals surface area contributed by atoms with Crippen LogP contribution in [0, 0.1) is 0 Å². The van der Waals surface area contributed by atoms with Crippen LogP contribution in [0.2, 0.25) is 5.02 Å². The van der Waals surface area contributed by atoms with E-state index in [4.69, 9.17) is 11.6 Å². The Bertz CT molecular complexity index is 1420. The Hall–Kier alpha value is -2.47. The first-order valence-corrected chi connectivity index (χ1v) is 10.4. The summed E-state index contributed by atoms with van der Waals surface area (Å²) >= 11 is 9.34. The standard InChI is InChI=1S/C21H13ClN2OS2/c1-24-18-13-7-3-2-6-12(13)10-11-16(18)27-21(24)23-20(25)19-17(22)14-8-4-5-9-15(14)26-19/h2-11H,1H3. The van der Waals surface area contributed by atoms with Gasteiger partial charge in [-0.25, -0.2) is 0 Å². The second-order valence-electron chi connectivity index (χ2n) is 6.24. The predicted octanol–water partition coefficient (Wildman–Crippen LogP) is 6.00. The topological polar surface area (TPSA) is 34.4 Å². The first kappa shape index (κ1) is 16.7. The summed E-state index contributed by atoms with van der Waals surface area (Å²) in [4.78, 5) is 18.4. The van der Waals surface area contributed by atoms with Gasteiger partial charge in [-0.05, 0) is 17.5 Å². The van der Waals surface area contributed by atoms with Crippen molar-refractivity contribution >= 4 is 71.3 Å². The van der Waals surface area contributed by atoms with Crippen LogP contribution in [0.5, 0.6) is 0 Å². The minimum atomic E-state index is -0.298. The molecule has 0 atom stereocenters. The van der Waals surface area contributed by atoms with Crippen LogP contribution in [0.3, 0.4) is 0 Å². The number of rotatable bonds is 1. The van der Waals surface area contributed by atoms with E-state index in [0.29, 0.717) is 14.7 Å². The summed E-state index contributed by atoms with van der Waals surface area (Å²) in [7, 11) is 1.95. The summed E-state index contributed by atoms with van der Waals surface area (Å²) in [6.45, 7) is 0. The number of carbonyl (C=O) groups is 1. The normalized spacial score (nSPS) is 12.4. The zero-order valence-corrected chi connectivity index (χ0v) is 16.7. The van der Waals surface area contributed by atoms with Crippen molar-refractivity contribution in [1.82, 2.24) is 4.57 Å². The molecule has 0 saturated carbocycles. The Morgan fingerprint density at radius 2 is 1.67 bits per heavy atom. The van der Waals surface area contributed by atoms with E-state index in [1.165, 1.54) is 28.1 Å². The predicted molar refractivity (Wildman–Crippen MR) is 115 cm³/mol. The number of carbonyl (C=O) groups excluding carboxylic acids is 1. The van der Waals surface area contributed by atoms with E-state index >= 15 is 0 Å². The number of amides is 1. The molecule has 5 rings (SSSR count). The Labute approximate surface area is 167 Å². The third-order valence-corrected chi connectivity index (χ3v) is 7.37. The Kier molecular flexibility index (Phi) is 3.90. The van der Waals surface area contributed by atoms with Crippen LogP contribution in [0.4, 0.5) is 0 Å². The zero-order valence-electron chi connectivity index (χ0n) is 14.3. The molecular formula is C21H13ClN2OS2. The van der Waals surface area contributed by atoms with Crippen LogP contribution in [0.15, 0.2) is 65.7 Å². The summed E-state index contributed by atoms with van der Waals surface area (Å²) in [5.74, 6) is -0.298. The number of aryl methyl sites for hydroxylation is 1. The minimum Gasteiger partial charge on any atom is -0.319 e. The van der Waals surface area contributed by atoms with Crippen LogP contribution in [0.25, 0.3) is 31.1 Å². The number of thiophene rings is 1. The summed E-state index contributed by atoms with van der Waals surface area (Å²) in [6, 6.07) is 20.2. The third kappa shape index (κ3) is 2.62. The molecule has 0 aliphatic rings. The lowest BCUT2D eigenvalue weighted by molar-refractivity contribution is 0.100. The smallest absolute Gasteiger partial charge is 0.291 e. The van der Waals surface area contributed by atoms with E-state index in [1.807, 2.05) is 48.0 Å². The fraction of sp³-hybridized carbons (Fsp3) is 0.0476. The van der Waals surface area contributed by atoms with E-state index in [2.05, 4.69) is 29.3 Å². The van der Waals surface area contributed by atoms with Crippen LogP contribution in [0.1, 0.15) is 9.67 Å². The fourth-order valence-electron chi connectivity index (χ4n) is 3.31. The van der Waals surface area contributed by atoms with Crippen LogP contribution >= 0.6 is 34.3 Å². The summed E-state index contributed by atoms with van der Waals surface area (Å²) in [6.07, 6.45) is 0. The molecule has 0 N–H and O–H groups in total. The number of aromatic nitrogens is 1. The van der Waals surface area contributed by atoms with Gasteiger partial charge in [0, 0.05) is 22.5 Å². The molecule has 0 unspecified atom stereocenters. The van der Waals surface area contributed by atoms with Crippen molar-refractivity contribution in [2.45, 2.75) is 0 Å². The summed E-state index contributed by atoms with van der Waals surface area (Å²) in [5.41, 5.74) is 1.09. The van der Waals surface area contributed by atoms with Crippen molar-refractivity contribution in [3.8, 4) is 0 Å². The monoisotopic (exact) mass is 408 g/mol. The highest BCUT2D eigenvalue weighted by Gasteiger charge is 2.17. The molecule has 6 heteroatoms. The maximum atomic E-state index is 12.8. The second-order valence-corrected chi connectivity index (χ2v) is 8.67. The van der Waals surface area contributed by atoms with Gasteiger partial charge in [-0.1, -0.05) is 71.5 Å². The van der Waals surface area contributed by atoms with Crippen LogP contribution in [-0.2, 0) is 7.05 Å².